The molecule has 1 N–H and O–H groups in total. The van der Waals surface area contributed by atoms with Gasteiger partial charge < -0.3 is 15.0 Å². The molecule has 27 heavy (non-hydrogen) atoms. The Kier molecular flexibility index (Phi) is 5.83. The quantitative estimate of drug-likeness (QED) is 0.740. The molecule has 2 saturated heterocycles. The molecule has 0 radical (unpaired) electrons. The summed E-state index contributed by atoms with van der Waals surface area (Å²) in [7, 11) is -2.51. The molecule has 8 nitrogen and oxygen atoms in total. The van der Waals surface area contributed by atoms with Crippen LogP contribution in [0.25, 0.3) is 0 Å². The van der Waals surface area contributed by atoms with Crippen LogP contribution in [-0.4, -0.2) is 75.4 Å². The van der Waals surface area contributed by atoms with Crippen molar-refractivity contribution in [3.8, 4) is 0 Å². The molecule has 2 heterocycles. The van der Waals surface area contributed by atoms with Crippen molar-refractivity contribution in [3.63, 3.8) is 0 Å². The molecule has 0 aromatic heterocycles. The molecule has 0 saturated carbocycles. The van der Waals surface area contributed by atoms with Crippen molar-refractivity contribution in [1.82, 2.24) is 14.5 Å². The Labute approximate surface area is 159 Å². The Morgan fingerprint density at radius 3 is 2.78 bits per heavy atom. The van der Waals surface area contributed by atoms with Gasteiger partial charge in [0.25, 0.3) is 0 Å². The van der Waals surface area contributed by atoms with E-state index in [0.717, 1.165) is 13.0 Å². The van der Waals surface area contributed by atoms with Crippen LogP contribution in [0, 0.1) is 6.92 Å². The van der Waals surface area contributed by atoms with E-state index in [1.807, 2.05) is 0 Å². The van der Waals surface area contributed by atoms with Gasteiger partial charge in [-0.05, 0) is 37.5 Å². The highest BCUT2D eigenvalue weighted by molar-refractivity contribution is 7.89. The van der Waals surface area contributed by atoms with Gasteiger partial charge in [-0.25, -0.2) is 13.2 Å². The average Bonchev–Trinajstić information content (AvgIpc) is 2.68. The summed E-state index contributed by atoms with van der Waals surface area (Å²) in [5.74, 6) is -0.554. The first-order chi connectivity index (χ1) is 12.9. The number of ether oxygens (including phenoxy) is 1. The molecule has 1 unspecified atom stereocenters. The predicted molar refractivity (Wildman–Crippen MR) is 98.9 cm³/mol. The minimum absolute atomic E-state index is 0.00867. The van der Waals surface area contributed by atoms with Crippen molar-refractivity contribution in [2.75, 3.05) is 39.8 Å². The Bertz CT molecular complexity index is 839. The number of piperazine rings is 1. The summed E-state index contributed by atoms with van der Waals surface area (Å²) >= 11 is 0. The van der Waals surface area contributed by atoms with Crippen molar-refractivity contribution >= 4 is 21.9 Å². The summed E-state index contributed by atoms with van der Waals surface area (Å²) in [6, 6.07) is 4.50. The Morgan fingerprint density at radius 2 is 2.07 bits per heavy atom. The lowest BCUT2D eigenvalue weighted by Gasteiger charge is -2.40. The number of carbonyl (C=O) groups excluding carboxylic acids is 2. The van der Waals surface area contributed by atoms with Crippen LogP contribution in [0.4, 0.5) is 0 Å². The van der Waals surface area contributed by atoms with E-state index in [-0.39, 0.29) is 29.0 Å². The van der Waals surface area contributed by atoms with Crippen molar-refractivity contribution in [2.45, 2.75) is 30.7 Å². The second-order valence-electron chi connectivity index (χ2n) is 6.84. The topological polar surface area (TPSA) is 96.0 Å². The Balaban J connectivity index is 1.86. The summed E-state index contributed by atoms with van der Waals surface area (Å²) in [4.78, 5) is 26.0. The highest BCUT2D eigenvalue weighted by atomic mass is 32.2. The second kappa shape index (κ2) is 7.95. The fourth-order valence-corrected chi connectivity index (χ4v) is 5.53. The molecule has 1 atom stereocenters. The molecule has 1 aromatic rings. The third kappa shape index (κ3) is 3.85. The molecule has 148 valence electrons. The maximum absolute atomic E-state index is 13.2. The van der Waals surface area contributed by atoms with Gasteiger partial charge in [0, 0.05) is 32.2 Å². The van der Waals surface area contributed by atoms with Crippen LogP contribution < -0.4 is 5.32 Å². The zero-order valence-corrected chi connectivity index (χ0v) is 16.4. The van der Waals surface area contributed by atoms with Gasteiger partial charge in [0.15, 0.2) is 0 Å². The third-order valence-electron chi connectivity index (χ3n) is 5.23. The number of piperidine rings is 1. The summed E-state index contributed by atoms with van der Waals surface area (Å²) in [5.41, 5.74) is 0.620. The number of benzene rings is 1. The number of hydrogen-bond donors (Lipinski definition) is 1. The number of carbonyl (C=O) groups is 2. The van der Waals surface area contributed by atoms with E-state index in [0.29, 0.717) is 31.6 Å². The van der Waals surface area contributed by atoms with E-state index in [9.17, 15) is 18.0 Å². The second-order valence-corrected chi connectivity index (χ2v) is 8.75. The Morgan fingerprint density at radius 1 is 1.30 bits per heavy atom. The number of hydrogen-bond acceptors (Lipinski definition) is 6. The molecule has 3 rings (SSSR count). The molecule has 2 aliphatic heterocycles. The van der Waals surface area contributed by atoms with Gasteiger partial charge in [-0.1, -0.05) is 6.07 Å². The van der Waals surface area contributed by atoms with Gasteiger partial charge in [-0.2, -0.15) is 4.31 Å². The minimum Gasteiger partial charge on any atom is -0.465 e. The van der Waals surface area contributed by atoms with E-state index in [1.54, 1.807) is 24.0 Å². The molecule has 2 aliphatic rings. The van der Waals surface area contributed by atoms with E-state index >= 15 is 0 Å². The van der Waals surface area contributed by atoms with Crippen LogP contribution in [0.3, 0.4) is 0 Å². The largest absolute Gasteiger partial charge is 0.465 e. The van der Waals surface area contributed by atoms with Gasteiger partial charge in [-0.15, -0.1) is 0 Å². The van der Waals surface area contributed by atoms with Crippen LogP contribution in [0.2, 0.25) is 0 Å². The first kappa shape index (κ1) is 19.8. The number of sulfonamides is 1. The molecule has 9 heteroatoms. The minimum atomic E-state index is -3.77. The van der Waals surface area contributed by atoms with Gasteiger partial charge in [0.1, 0.15) is 0 Å². The fourth-order valence-electron chi connectivity index (χ4n) is 3.76. The monoisotopic (exact) mass is 395 g/mol. The average molecular weight is 395 g/mol. The maximum Gasteiger partial charge on any atom is 0.338 e. The van der Waals surface area contributed by atoms with Crippen LogP contribution in [0.15, 0.2) is 23.1 Å². The molecule has 2 fully saturated rings. The number of nitrogens with zero attached hydrogens (tertiary/aromatic N) is 2. The van der Waals surface area contributed by atoms with Crippen LogP contribution in [0.5, 0.6) is 0 Å². The lowest BCUT2D eigenvalue weighted by molar-refractivity contribution is -0.135. The summed E-state index contributed by atoms with van der Waals surface area (Å²) in [6.45, 7) is 3.89. The van der Waals surface area contributed by atoms with Gasteiger partial charge in [0.2, 0.25) is 15.9 Å². The normalized spacial score (nSPS) is 21.9. The van der Waals surface area contributed by atoms with E-state index in [2.05, 4.69) is 5.32 Å². The number of nitrogens with one attached hydrogen (secondary N) is 1. The van der Waals surface area contributed by atoms with Gasteiger partial charge in [0.05, 0.1) is 24.1 Å². The summed E-state index contributed by atoms with van der Waals surface area (Å²) in [6.07, 6.45) is 1.48. The van der Waals surface area contributed by atoms with Crippen molar-refractivity contribution in [1.29, 1.82) is 0 Å². The molecule has 1 amide bonds. The molecular weight excluding hydrogens is 370 g/mol. The molecule has 0 aliphatic carbocycles. The smallest absolute Gasteiger partial charge is 0.338 e. The Hall–Kier alpha value is -1.97. The first-order valence-electron chi connectivity index (χ1n) is 9.04. The first-order valence-corrected chi connectivity index (χ1v) is 10.5. The number of rotatable bonds is 4. The van der Waals surface area contributed by atoms with Gasteiger partial charge >= 0.3 is 5.97 Å². The summed E-state index contributed by atoms with van der Waals surface area (Å²) < 4.78 is 32.6. The van der Waals surface area contributed by atoms with Crippen molar-refractivity contribution in [2.24, 2.45) is 0 Å². The zero-order chi connectivity index (χ0) is 19.6. The predicted octanol–water partition coefficient (Wildman–Crippen LogP) is 0.367. The zero-order valence-electron chi connectivity index (χ0n) is 15.6. The lowest BCUT2D eigenvalue weighted by atomic mass is 10.1. The SMILES string of the molecule is COC(=O)c1cccc(S(=O)(=O)N2CCCC(N3CCNCC3=O)C2)c1C. The maximum atomic E-state index is 13.2. The van der Waals surface area contributed by atoms with E-state index < -0.39 is 16.0 Å². The highest BCUT2D eigenvalue weighted by Crippen LogP contribution is 2.27. The molecule has 1 aromatic carbocycles. The third-order valence-corrected chi connectivity index (χ3v) is 7.24. The van der Waals surface area contributed by atoms with E-state index in [1.165, 1.54) is 17.5 Å². The molecule has 0 spiro atoms. The highest BCUT2D eigenvalue weighted by Gasteiger charge is 2.36. The number of esters is 1. The van der Waals surface area contributed by atoms with Gasteiger partial charge in [-0.3, -0.25) is 4.79 Å². The number of methoxy groups -OCH3 is 1. The van der Waals surface area contributed by atoms with E-state index in [4.69, 9.17) is 4.74 Å². The standard InChI is InChI=1S/C18H25N3O5S/c1-13-15(18(23)26-2)6-3-7-16(13)27(24,25)20-9-4-5-14(12-20)21-10-8-19-11-17(21)22/h3,6-7,14,19H,4-5,8-12H2,1-2H3. The van der Waals surface area contributed by atoms with Crippen LogP contribution in [-0.2, 0) is 19.6 Å². The van der Waals surface area contributed by atoms with Crippen molar-refractivity contribution in [3.05, 3.63) is 29.3 Å². The molecule has 0 bridgehead atoms. The van der Waals surface area contributed by atoms with Crippen LogP contribution in [0.1, 0.15) is 28.8 Å². The van der Waals surface area contributed by atoms with Crippen LogP contribution >= 0.6 is 0 Å². The fraction of sp³-hybridized carbons (Fsp3) is 0.556. The lowest BCUT2D eigenvalue weighted by Crippen LogP contribution is -2.57. The summed E-state index contributed by atoms with van der Waals surface area (Å²) in [5, 5.41) is 3.03. The van der Waals surface area contributed by atoms with Crippen molar-refractivity contribution < 1.29 is 22.7 Å². The number of amides is 1. The molecular formula is C18H25N3O5S.